The molecule has 0 bridgehead atoms. The zero-order chi connectivity index (χ0) is 29.8. The number of rotatable bonds is 30. The van der Waals surface area contributed by atoms with Gasteiger partial charge in [-0.1, -0.05) is 198 Å². The first kappa shape index (κ1) is 36.6. The number of benzene rings is 1. The van der Waals surface area contributed by atoms with Gasteiger partial charge in [-0.3, -0.25) is 0 Å². The number of aromatic nitrogens is 2. The Morgan fingerprint density at radius 1 is 0.524 bits per heavy atom. The first-order valence-corrected chi connectivity index (χ1v) is 18.9. The molecule has 1 aromatic heterocycles. The fraction of sp³-hybridized carbons (Fsp3) is 0.775. The third kappa shape index (κ3) is 18.9. The minimum absolute atomic E-state index is 0.573. The van der Waals surface area contributed by atoms with Gasteiger partial charge in [-0.2, -0.15) is 0 Å². The zero-order valence-corrected chi connectivity index (χ0v) is 28.3. The monoisotopic (exact) mass is 579 g/mol. The standard InChI is InChI=1S/C40H70N2/c1-3-5-7-9-11-13-14-15-16-17-18-19-20-22-24-29-33-40(42-35-34-41-37-42)39(36-38-30-26-25-27-31-38)32-28-23-21-12-10-8-6-4-2/h25-27,30-31,34-35,37,39-40H,3-24,28-29,32-33,36H2,1-2H3. The summed E-state index contributed by atoms with van der Waals surface area (Å²) in [5.41, 5.74) is 1.50. The van der Waals surface area contributed by atoms with Crippen LogP contribution in [0.25, 0.3) is 0 Å². The van der Waals surface area contributed by atoms with E-state index in [1.165, 1.54) is 179 Å². The van der Waals surface area contributed by atoms with Crippen molar-refractivity contribution in [1.29, 1.82) is 0 Å². The molecule has 2 unspecified atom stereocenters. The van der Waals surface area contributed by atoms with Crippen LogP contribution in [0.3, 0.4) is 0 Å². The van der Waals surface area contributed by atoms with Gasteiger partial charge in [0.05, 0.1) is 6.33 Å². The van der Waals surface area contributed by atoms with E-state index in [0.29, 0.717) is 12.0 Å². The van der Waals surface area contributed by atoms with Crippen molar-refractivity contribution in [1.82, 2.24) is 9.55 Å². The molecule has 2 aromatic rings. The molecule has 0 aliphatic heterocycles. The van der Waals surface area contributed by atoms with Gasteiger partial charge in [0.1, 0.15) is 0 Å². The van der Waals surface area contributed by atoms with E-state index in [4.69, 9.17) is 0 Å². The number of unbranched alkanes of at least 4 members (excludes halogenated alkanes) is 22. The average molecular weight is 579 g/mol. The topological polar surface area (TPSA) is 17.8 Å². The Labute approximate surface area is 262 Å². The highest BCUT2D eigenvalue weighted by atomic mass is 15.1. The van der Waals surface area contributed by atoms with Crippen molar-refractivity contribution in [3.05, 3.63) is 54.6 Å². The Balaban J connectivity index is 1.66. The van der Waals surface area contributed by atoms with Crippen LogP contribution in [0.15, 0.2) is 49.1 Å². The molecule has 2 atom stereocenters. The Bertz CT molecular complexity index is 783. The molecule has 0 radical (unpaired) electrons. The largest absolute Gasteiger partial charge is 0.334 e. The molecule has 240 valence electrons. The molecule has 2 nitrogen and oxygen atoms in total. The van der Waals surface area contributed by atoms with Gasteiger partial charge in [0.15, 0.2) is 0 Å². The van der Waals surface area contributed by atoms with Gasteiger partial charge in [0.25, 0.3) is 0 Å². The van der Waals surface area contributed by atoms with Crippen molar-refractivity contribution >= 4 is 0 Å². The fourth-order valence-corrected chi connectivity index (χ4v) is 6.88. The summed E-state index contributed by atoms with van der Waals surface area (Å²) in [6.07, 6.45) is 44.3. The average Bonchev–Trinajstić information content (AvgIpc) is 3.55. The predicted molar refractivity (Wildman–Crippen MR) is 186 cm³/mol. The Morgan fingerprint density at radius 3 is 1.38 bits per heavy atom. The molecule has 1 heterocycles. The van der Waals surface area contributed by atoms with E-state index in [0.717, 1.165) is 0 Å². The maximum absolute atomic E-state index is 4.47. The second-order valence-electron chi connectivity index (χ2n) is 13.4. The van der Waals surface area contributed by atoms with Crippen LogP contribution in [0.4, 0.5) is 0 Å². The lowest BCUT2D eigenvalue weighted by atomic mass is 9.84. The van der Waals surface area contributed by atoms with E-state index in [-0.39, 0.29) is 0 Å². The fourth-order valence-electron chi connectivity index (χ4n) is 6.88. The van der Waals surface area contributed by atoms with E-state index < -0.39 is 0 Å². The summed E-state index contributed by atoms with van der Waals surface area (Å²) in [5, 5.41) is 0. The first-order valence-electron chi connectivity index (χ1n) is 18.9. The number of imidazole rings is 1. The minimum atomic E-state index is 0.573. The highest BCUT2D eigenvalue weighted by molar-refractivity contribution is 5.15. The van der Waals surface area contributed by atoms with Crippen LogP contribution in [0, 0.1) is 5.92 Å². The van der Waals surface area contributed by atoms with E-state index in [9.17, 15) is 0 Å². The van der Waals surface area contributed by atoms with Gasteiger partial charge in [-0.05, 0) is 30.7 Å². The van der Waals surface area contributed by atoms with Crippen LogP contribution in [0.1, 0.15) is 192 Å². The van der Waals surface area contributed by atoms with Gasteiger partial charge in [0.2, 0.25) is 0 Å². The molecule has 0 aliphatic rings. The molecule has 2 rings (SSSR count). The second-order valence-corrected chi connectivity index (χ2v) is 13.4. The lowest BCUT2D eigenvalue weighted by Crippen LogP contribution is -2.21. The molecular formula is C40H70N2. The van der Waals surface area contributed by atoms with Crippen molar-refractivity contribution in [2.45, 2.75) is 193 Å². The molecule has 2 heteroatoms. The Hall–Kier alpha value is -1.57. The van der Waals surface area contributed by atoms with Crippen molar-refractivity contribution < 1.29 is 0 Å². The zero-order valence-electron chi connectivity index (χ0n) is 28.3. The number of hydrogen-bond donors (Lipinski definition) is 0. The van der Waals surface area contributed by atoms with E-state index in [1.807, 2.05) is 6.20 Å². The Kier molecular flexibility index (Phi) is 23.6. The summed E-state index contributed by atoms with van der Waals surface area (Å²) in [5.74, 6) is 0.693. The summed E-state index contributed by atoms with van der Waals surface area (Å²) in [4.78, 5) is 4.47. The predicted octanol–water partition coefficient (Wildman–Crippen LogP) is 13.5. The lowest BCUT2D eigenvalue weighted by molar-refractivity contribution is 0.275. The quantitative estimate of drug-likeness (QED) is 0.0843. The van der Waals surface area contributed by atoms with Crippen LogP contribution in [0.5, 0.6) is 0 Å². The van der Waals surface area contributed by atoms with Crippen molar-refractivity contribution in [2.24, 2.45) is 5.92 Å². The highest BCUT2D eigenvalue weighted by Gasteiger charge is 2.23. The maximum atomic E-state index is 4.47. The minimum Gasteiger partial charge on any atom is -0.334 e. The molecule has 0 fully saturated rings. The van der Waals surface area contributed by atoms with Crippen molar-refractivity contribution in [2.75, 3.05) is 0 Å². The second kappa shape index (κ2) is 27.0. The molecule has 42 heavy (non-hydrogen) atoms. The highest BCUT2D eigenvalue weighted by Crippen LogP contribution is 2.32. The van der Waals surface area contributed by atoms with Crippen LogP contribution >= 0.6 is 0 Å². The van der Waals surface area contributed by atoms with E-state index >= 15 is 0 Å². The van der Waals surface area contributed by atoms with Crippen molar-refractivity contribution in [3.8, 4) is 0 Å². The molecule has 0 spiro atoms. The van der Waals surface area contributed by atoms with Gasteiger partial charge < -0.3 is 4.57 Å². The summed E-state index contributed by atoms with van der Waals surface area (Å²) < 4.78 is 2.45. The van der Waals surface area contributed by atoms with Crippen LogP contribution < -0.4 is 0 Å². The molecular weight excluding hydrogens is 508 g/mol. The molecule has 0 saturated carbocycles. The van der Waals surface area contributed by atoms with Crippen LogP contribution in [0.2, 0.25) is 0 Å². The van der Waals surface area contributed by atoms with E-state index in [2.05, 4.69) is 66.3 Å². The first-order chi connectivity index (χ1) is 20.8. The normalized spacial score (nSPS) is 13.0. The van der Waals surface area contributed by atoms with Crippen LogP contribution in [-0.2, 0) is 6.42 Å². The third-order valence-corrected chi connectivity index (χ3v) is 9.57. The summed E-state index contributed by atoms with van der Waals surface area (Å²) in [6, 6.07) is 11.8. The molecule has 0 aliphatic carbocycles. The molecule has 1 aromatic carbocycles. The van der Waals surface area contributed by atoms with Gasteiger partial charge in [-0.25, -0.2) is 4.98 Å². The summed E-state index contributed by atoms with van der Waals surface area (Å²) >= 11 is 0. The number of hydrogen-bond acceptors (Lipinski definition) is 1. The van der Waals surface area contributed by atoms with Crippen molar-refractivity contribution in [3.63, 3.8) is 0 Å². The lowest BCUT2D eigenvalue weighted by Gasteiger charge is -2.29. The molecule has 0 amide bonds. The maximum Gasteiger partial charge on any atom is 0.0948 e. The van der Waals surface area contributed by atoms with E-state index in [1.54, 1.807) is 0 Å². The summed E-state index contributed by atoms with van der Waals surface area (Å²) in [7, 11) is 0. The molecule has 0 N–H and O–H groups in total. The summed E-state index contributed by atoms with van der Waals surface area (Å²) in [6.45, 7) is 4.62. The number of nitrogens with zero attached hydrogens (tertiary/aromatic N) is 2. The van der Waals surface area contributed by atoms with Crippen LogP contribution in [-0.4, -0.2) is 9.55 Å². The SMILES string of the molecule is CCCCCCCCCCCCCCCCCCC(C(CCCCCCCCCC)Cc1ccccc1)n1ccnc1. The van der Waals surface area contributed by atoms with Gasteiger partial charge in [-0.15, -0.1) is 0 Å². The smallest absolute Gasteiger partial charge is 0.0948 e. The van der Waals surface area contributed by atoms with Gasteiger partial charge >= 0.3 is 0 Å². The Morgan fingerprint density at radius 2 is 0.952 bits per heavy atom. The molecule has 0 saturated heterocycles. The van der Waals surface area contributed by atoms with Gasteiger partial charge in [0, 0.05) is 18.4 Å². The third-order valence-electron chi connectivity index (χ3n) is 9.57.